The van der Waals surface area contributed by atoms with E-state index in [0.29, 0.717) is 0 Å². The van der Waals surface area contributed by atoms with Gasteiger partial charge in [0, 0.05) is 28.8 Å². The lowest BCUT2D eigenvalue weighted by atomic mass is 10.4. The Hall–Kier alpha value is -1.00. The number of hydrogen-bond donors (Lipinski definition) is 0. The Morgan fingerprint density at radius 1 is 0.941 bits per heavy atom. The van der Waals surface area contributed by atoms with E-state index < -0.39 is 0 Å². The van der Waals surface area contributed by atoms with Crippen molar-refractivity contribution < 1.29 is 0 Å². The molecule has 17 heavy (non-hydrogen) atoms. The molecule has 0 N–H and O–H groups in total. The average molecular weight is 262 g/mol. The molecule has 0 spiro atoms. The number of thioether (sulfide) groups is 2. The monoisotopic (exact) mass is 262 g/mol. The van der Waals surface area contributed by atoms with Crippen molar-refractivity contribution in [1.82, 2.24) is 9.97 Å². The molecular formula is C13H14N2S2. The molecule has 0 fully saturated rings. The van der Waals surface area contributed by atoms with Crippen molar-refractivity contribution in [3.63, 3.8) is 0 Å². The highest BCUT2D eigenvalue weighted by molar-refractivity contribution is 8.02. The van der Waals surface area contributed by atoms with Crippen molar-refractivity contribution in [2.45, 2.75) is 17.0 Å². The van der Waals surface area contributed by atoms with Crippen LogP contribution in [0.4, 0.5) is 0 Å². The van der Waals surface area contributed by atoms with E-state index in [-0.39, 0.29) is 0 Å². The van der Waals surface area contributed by atoms with Gasteiger partial charge < -0.3 is 0 Å². The third-order valence-corrected chi connectivity index (χ3v) is 4.23. The number of hydrogen-bond acceptors (Lipinski definition) is 4. The number of rotatable bonds is 5. The molecule has 0 saturated carbocycles. The summed E-state index contributed by atoms with van der Waals surface area (Å²) in [6, 6.07) is 10.4. The lowest BCUT2D eigenvalue weighted by Crippen LogP contribution is -1.90. The van der Waals surface area contributed by atoms with Crippen LogP contribution in [-0.4, -0.2) is 21.5 Å². The van der Waals surface area contributed by atoms with Crippen LogP contribution in [0.15, 0.2) is 52.8 Å². The smallest absolute Gasteiger partial charge is 0.187 e. The topological polar surface area (TPSA) is 25.8 Å². The van der Waals surface area contributed by atoms with Crippen molar-refractivity contribution in [2.75, 3.05) is 11.5 Å². The lowest BCUT2D eigenvalue weighted by Gasteiger charge is -2.01. The quantitative estimate of drug-likeness (QED) is 0.466. The molecule has 88 valence electrons. The van der Waals surface area contributed by atoms with E-state index in [1.807, 2.05) is 37.1 Å². The average Bonchev–Trinajstić information content (AvgIpc) is 2.38. The molecule has 4 heteroatoms. The predicted molar refractivity (Wildman–Crippen MR) is 74.7 cm³/mol. The summed E-state index contributed by atoms with van der Waals surface area (Å²) < 4.78 is 0. The number of aryl methyl sites for hydroxylation is 1. The standard InChI is InChI=1S/C13H14N2S2/c1-11-9-14-13(15-10-11)17-8-7-16-12-5-3-2-4-6-12/h2-6,9-10H,7-8H2,1H3. The van der Waals surface area contributed by atoms with Crippen LogP contribution >= 0.6 is 23.5 Å². The Bertz CT molecular complexity index is 443. The molecular weight excluding hydrogens is 248 g/mol. The molecule has 1 aromatic heterocycles. The van der Waals surface area contributed by atoms with E-state index >= 15 is 0 Å². The Kier molecular flexibility index (Phi) is 4.88. The highest BCUT2D eigenvalue weighted by atomic mass is 32.2. The van der Waals surface area contributed by atoms with Crippen LogP contribution in [-0.2, 0) is 0 Å². The van der Waals surface area contributed by atoms with Crippen molar-refractivity contribution in [1.29, 1.82) is 0 Å². The second kappa shape index (κ2) is 6.67. The lowest BCUT2D eigenvalue weighted by molar-refractivity contribution is 0.951. The first-order valence-corrected chi connectivity index (χ1v) is 7.41. The molecule has 0 radical (unpaired) electrons. The molecule has 0 amide bonds. The minimum absolute atomic E-state index is 0.865. The fraction of sp³-hybridized carbons (Fsp3) is 0.231. The van der Waals surface area contributed by atoms with Gasteiger partial charge in [0.2, 0.25) is 0 Å². The maximum absolute atomic E-state index is 4.27. The van der Waals surface area contributed by atoms with E-state index in [1.54, 1.807) is 11.8 Å². The molecule has 0 aliphatic heterocycles. The number of nitrogens with zero attached hydrogens (tertiary/aromatic N) is 2. The van der Waals surface area contributed by atoms with Crippen molar-refractivity contribution in [3.8, 4) is 0 Å². The van der Waals surface area contributed by atoms with Crippen LogP contribution in [0.5, 0.6) is 0 Å². The third kappa shape index (κ3) is 4.40. The predicted octanol–water partition coefficient (Wildman–Crippen LogP) is 3.67. The molecule has 0 bridgehead atoms. The summed E-state index contributed by atoms with van der Waals surface area (Å²) >= 11 is 3.57. The maximum Gasteiger partial charge on any atom is 0.187 e. The number of aromatic nitrogens is 2. The first-order valence-electron chi connectivity index (χ1n) is 5.44. The van der Waals surface area contributed by atoms with Gasteiger partial charge in [0.15, 0.2) is 5.16 Å². The zero-order chi connectivity index (χ0) is 11.9. The van der Waals surface area contributed by atoms with Crippen molar-refractivity contribution >= 4 is 23.5 Å². The summed E-state index contributed by atoms with van der Waals surface area (Å²) in [6.45, 7) is 2.00. The number of benzene rings is 1. The van der Waals surface area contributed by atoms with Gasteiger partial charge in [0.1, 0.15) is 0 Å². The summed E-state index contributed by atoms with van der Waals surface area (Å²) in [5.74, 6) is 2.11. The molecule has 2 nitrogen and oxygen atoms in total. The third-order valence-electron chi connectivity index (χ3n) is 2.08. The zero-order valence-electron chi connectivity index (χ0n) is 9.67. The SMILES string of the molecule is Cc1cnc(SCCSc2ccccc2)nc1. The van der Waals surface area contributed by atoms with Crippen molar-refractivity contribution in [2.24, 2.45) is 0 Å². The molecule has 1 aromatic carbocycles. The van der Waals surface area contributed by atoms with E-state index in [1.165, 1.54) is 4.90 Å². The van der Waals surface area contributed by atoms with Gasteiger partial charge in [-0.2, -0.15) is 0 Å². The maximum atomic E-state index is 4.27. The van der Waals surface area contributed by atoms with Gasteiger partial charge in [0.25, 0.3) is 0 Å². The van der Waals surface area contributed by atoms with E-state index in [4.69, 9.17) is 0 Å². The summed E-state index contributed by atoms with van der Waals surface area (Å²) in [5.41, 5.74) is 1.10. The molecule has 2 aromatic rings. The minimum Gasteiger partial charge on any atom is -0.231 e. The van der Waals surface area contributed by atoms with Crippen LogP contribution in [0.2, 0.25) is 0 Å². The fourth-order valence-corrected chi connectivity index (χ4v) is 2.95. The Morgan fingerprint density at radius 3 is 2.29 bits per heavy atom. The highest BCUT2D eigenvalue weighted by Crippen LogP contribution is 2.20. The van der Waals surface area contributed by atoms with Crippen LogP contribution in [0, 0.1) is 6.92 Å². The Morgan fingerprint density at radius 2 is 1.59 bits per heavy atom. The highest BCUT2D eigenvalue weighted by Gasteiger charge is 1.97. The van der Waals surface area contributed by atoms with E-state index in [0.717, 1.165) is 22.2 Å². The van der Waals surface area contributed by atoms with Gasteiger partial charge in [-0.1, -0.05) is 30.0 Å². The van der Waals surface area contributed by atoms with Gasteiger partial charge in [-0.05, 0) is 24.6 Å². The van der Waals surface area contributed by atoms with E-state index in [2.05, 4.69) is 34.2 Å². The van der Waals surface area contributed by atoms with Crippen LogP contribution in [0.25, 0.3) is 0 Å². The van der Waals surface area contributed by atoms with Crippen LogP contribution in [0.3, 0.4) is 0 Å². The molecule has 0 saturated heterocycles. The summed E-state index contributed by atoms with van der Waals surface area (Å²) in [4.78, 5) is 9.85. The summed E-state index contributed by atoms with van der Waals surface area (Å²) in [5, 5.41) is 0.865. The second-order valence-corrected chi connectivity index (χ2v) is 5.78. The van der Waals surface area contributed by atoms with Gasteiger partial charge in [-0.15, -0.1) is 11.8 Å². The molecule has 0 atom stereocenters. The van der Waals surface area contributed by atoms with E-state index in [9.17, 15) is 0 Å². The van der Waals surface area contributed by atoms with Crippen LogP contribution < -0.4 is 0 Å². The first kappa shape index (κ1) is 12.5. The molecule has 0 unspecified atom stereocenters. The van der Waals surface area contributed by atoms with Crippen LogP contribution in [0.1, 0.15) is 5.56 Å². The summed E-state index contributed by atoms with van der Waals surface area (Å²) in [6.07, 6.45) is 3.72. The summed E-state index contributed by atoms with van der Waals surface area (Å²) in [7, 11) is 0. The molecule has 0 aliphatic carbocycles. The molecule has 2 rings (SSSR count). The first-order chi connectivity index (χ1) is 8.34. The van der Waals surface area contributed by atoms with Gasteiger partial charge in [-0.3, -0.25) is 0 Å². The minimum atomic E-state index is 0.865. The zero-order valence-corrected chi connectivity index (χ0v) is 11.3. The molecule has 0 aliphatic rings. The van der Waals surface area contributed by atoms with Gasteiger partial charge >= 0.3 is 0 Å². The van der Waals surface area contributed by atoms with Crippen molar-refractivity contribution in [3.05, 3.63) is 48.3 Å². The largest absolute Gasteiger partial charge is 0.231 e. The second-order valence-electron chi connectivity index (χ2n) is 3.55. The van der Waals surface area contributed by atoms with Gasteiger partial charge in [-0.25, -0.2) is 9.97 Å². The Labute approximate surface area is 110 Å². The Balaban J connectivity index is 1.71. The fourth-order valence-electron chi connectivity index (χ4n) is 1.26. The normalized spacial score (nSPS) is 10.4. The van der Waals surface area contributed by atoms with Gasteiger partial charge in [0.05, 0.1) is 0 Å². The molecule has 1 heterocycles.